The summed E-state index contributed by atoms with van der Waals surface area (Å²) >= 11 is 3.54. The van der Waals surface area contributed by atoms with E-state index in [1.54, 1.807) is 0 Å². The van der Waals surface area contributed by atoms with Crippen molar-refractivity contribution in [3.63, 3.8) is 0 Å². The summed E-state index contributed by atoms with van der Waals surface area (Å²) in [5.41, 5.74) is 3.42. The number of aromatic nitrogens is 2. The molecule has 0 spiro atoms. The molecule has 2 aliphatic carbocycles. The number of hydrogen-bond donors (Lipinski definition) is 2. The average Bonchev–Trinajstić information content (AvgIpc) is 3.35. The normalized spacial score (nSPS) is 17.4. The van der Waals surface area contributed by atoms with Crippen LogP contribution in [0.25, 0.3) is 0 Å². The zero-order chi connectivity index (χ0) is 15.1. The van der Waals surface area contributed by atoms with Gasteiger partial charge in [-0.1, -0.05) is 15.9 Å². The fraction of sp³-hybridized carbons (Fsp3) is 0.412. The maximum absolute atomic E-state index is 4.68. The number of nitrogens with zero attached hydrogens (tertiary/aromatic N) is 2. The van der Waals surface area contributed by atoms with E-state index in [0.29, 0.717) is 12.0 Å². The molecule has 0 radical (unpaired) electrons. The van der Waals surface area contributed by atoms with Crippen LogP contribution in [0.1, 0.15) is 42.9 Å². The minimum Gasteiger partial charge on any atom is -0.351 e. The summed E-state index contributed by atoms with van der Waals surface area (Å²) in [6.45, 7) is 2.09. The largest absolute Gasteiger partial charge is 0.351 e. The summed E-state index contributed by atoms with van der Waals surface area (Å²) in [5.74, 6) is 2.26. The molecule has 2 fully saturated rings. The Morgan fingerprint density at radius 1 is 1.09 bits per heavy atom. The van der Waals surface area contributed by atoms with E-state index in [9.17, 15) is 0 Å². The van der Waals surface area contributed by atoms with Crippen LogP contribution in [0.3, 0.4) is 0 Å². The number of anilines is 3. The van der Waals surface area contributed by atoms with Crippen molar-refractivity contribution in [3.8, 4) is 0 Å². The van der Waals surface area contributed by atoms with Crippen molar-refractivity contribution >= 4 is 33.4 Å². The second-order valence-corrected chi connectivity index (χ2v) is 7.14. The first-order valence-corrected chi connectivity index (χ1v) is 8.65. The molecular formula is C17H19BrN4. The monoisotopic (exact) mass is 358 g/mol. The molecule has 1 heterocycles. The van der Waals surface area contributed by atoms with Crippen molar-refractivity contribution in [2.75, 3.05) is 10.6 Å². The van der Waals surface area contributed by atoms with E-state index in [1.165, 1.54) is 31.2 Å². The van der Waals surface area contributed by atoms with Gasteiger partial charge in [0.25, 0.3) is 0 Å². The molecule has 22 heavy (non-hydrogen) atoms. The van der Waals surface area contributed by atoms with Crippen molar-refractivity contribution in [3.05, 3.63) is 40.0 Å². The lowest BCUT2D eigenvalue weighted by Crippen LogP contribution is -2.08. The van der Waals surface area contributed by atoms with E-state index in [4.69, 9.17) is 0 Å². The van der Waals surface area contributed by atoms with Gasteiger partial charge in [-0.15, -0.1) is 0 Å². The number of nitrogens with one attached hydrogen (secondary N) is 2. The van der Waals surface area contributed by atoms with Crippen LogP contribution in [0.4, 0.5) is 17.5 Å². The van der Waals surface area contributed by atoms with Crippen molar-refractivity contribution in [1.29, 1.82) is 0 Å². The number of benzene rings is 1. The van der Waals surface area contributed by atoms with Crippen LogP contribution >= 0.6 is 15.9 Å². The van der Waals surface area contributed by atoms with Gasteiger partial charge >= 0.3 is 0 Å². The molecule has 4 nitrogen and oxygen atoms in total. The van der Waals surface area contributed by atoms with Gasteiger partial charge < -0.3 is 10.6 Å². The molecule has 0 aliphatic heterocycles. The molecule has 5 heteroatoms. The zero-order valence-electron chi connectivity index (χ0n) is 12.6. The Morgan fingerprint density at radius 2 is 1.91 bits per heavy atom. The lowest BCUT2D eigenvalue weighted by Gasteiger charge is -2.11. The van der Waals surface area contributed by atoms with Crippen LogP contribution in [0.5, 0.6) is 0 Å². The van der Waals surface area contributed by atoms with Crippen molar-refractivity contribution in [2.45, 2.75) is 44.6 Å². The van der Waals surface area contributed by atoms with Gasteiger partial charge in [0.2, 0.25) is 5.95 Å². The Kier molecular flexibility index (Phi) is 3.53. The van der Waals surface area contributed by atoms with Crippen LogP contribution in [-0.4, -0.2) is 16.0 Å². The van der Waals surface area contributed by atoms with Gasteiger partial charge in [-0.3, -0.25) is 0 Å². The summed E-state index contributed by atoms with van der Waals surface area (Å²) in [4.78, 5) is 9.31. The van der Waals surface area contributed by atoms with E-state index in [0.717, 1.165) is 27.6 Å². The Morgan fingerprint density at radius 3 is 2.59 bits per heavy atom. The molecule has 1 aromatic carbocycles. The first-order chi connectivity index (χ1) is 10.7. The van der Waals surface area contributed by atoms with Crippen molar-refractivity contribution < 1.29 is 0 Å². The van der Waals surface area contributed by atoms with Gasteiger partial charge in [-0.25, -0.2) is 4.98 Å². The van der Waals surface area contributed by atoms with Crippen LogP contribution < -0.4 is 10.6 Å². The molecule has 0 atom stereocenters. The lowest BCUT2D eigenvalue weighted by molar-refractivity contribution is 0.968. The second kappa shape index (κ2) is 5.54. The number of hydrogen-bond acceptors (Lipinski definition) is 4. The van der Waals surface area contributed by atoms with Crippen LogP contribution in [-0.2, 0) is 0 Å². The summed E-state index contributed by atoms with van der Waals surface area (Å²) in [7, 11) is 0. The molecule has 2 aliphatic rings. The van der Waals surface area contributed by atoms with E-state index < -0.39 is 0 Å². The molecule has 2 aromatic rings. The van der Waals surface area contributed by atoms with E-state index in [1.807, 2.05) is 0 Å². The van der Waals surface area contributed by atoms with Gasteiger partial charge in [0.15, 0.2) is 0 Å². The fourth-order valence-corrected chi connectivity index (χ4v) is 2.71. The predicted molar refractivity (Wildman–Crippen MR) is 92.8 cm³/mol. The quantitative estimate of drug-likeness (QED) is 0.809. The number of aryl methyl sites for hydroxylation is 1. The highest BCUT2D eigenvalue weighted by Gasteiger charge is 2.27. The van der Waals surface area contributed by atoms with Gasteiger partial charge in [0.1, 0.15) is 5.82 Å². The molecule has 2 N–H and O–H groups in total. The van der Waals surface area contributed by atoms with Crippen molar-refractivity contribution in [2.24, 2.45) is 0 Å². The summed E-state index contributed by atoms with van der Waals surface area (Å²) in [5, 5.41) is 6.83. The minimum absolute atomic E-state index is 0.567. The summed E-state index contributed by atoms with van der Waals surface area (Å²) < 4.78 is 1.12. The fourth-order valence-electron chi connectivity index (χ4n) is 2.46. The summed E-state index contributed by atoms with van der Waals surface area (Å²) in [6.07, 6.45) is 4.95. The van der Waals surface area contributed by atoms with Crippen LogP contribution in [0.2, 0.25) is 0 Å². The zero-order valence-corrected chi connectivity index (χ0v) is 14.2. The highest BCUT2D eigenvalue weighted by molar-refractivity contribution is 9.10. The Labute approximate surface area is 138 Å². The maximum Gasteiger partial charge on any atom is 0.225 e. The number of halogens is 1. The number of rotatable bonds is 5. The smallest absolute Gasteiger partial charge is 0.225 e. The Hall–Kier alpha value is -1.62. The molecule has 4 rings (SSSR count). The first kappa shape index (κ1) is 14.0. The third kappa shape index (κ3) is 3.24. The second-order valence-electron chi connectivity index (χ2n) is 6.28. The standard InChI is InChI=1S/C17H19BrN4/c1-10-8-13(6-7-14(10)18)19-16-9-15(11-2-3-11)21-17(22-16)20-12-4-5-12/h6-9,11-12H,2-5H2,1H3,(H2,19,20,21,22). The van der Waals surface area contributed by atoms with Gasteiger partial charge in [-0.2, -0.15) is 4.98 Å². The first-order valence-electron chi connectivity index (χ1n) is 7.86. The molecular weight excluding hydrogens is 340 g/mol. The van der Waals surface area contributed by atoms with Crippen LogP contribution in [0.15, 0.2) is 28.7 Å². The van der Waals surface area contributed by atoms with E-state index >= 15 is 0 Å². The van der Waals surface area contributed by atoms with E-state index in [-0.39, 0.29) is 0 Å². The maximum atomic E-state index is 4.68. The third-order valence-corrected chi connectivity index (χ3v) is 4.97. The lowest BCUT2D eigenvalue weighted by atomic mass is 10.2. The SMILES string of the molecule is Cc1cc(Nc2cc(C3CC3)nc(NC3CC3)n2)ccc1Br. The van der Waals surface area contributed by atoms with Crippen molar-refractivity contribution in [1.82, 2.24) is 9.97 Å². The van der Waals surface area contributed by atoms with Gasteiger partial charge in [-0.05, 0) is 56.4 Å². The highest BCUT2D eigenvalue weighted by Crippen LogP contribution is 2.40. The molecule has 0 amide bonds. The van der Waals surface area contributed by atoms with E-state index in [2.05, 4.69) is 67.7 Å². The minimum atomic E-state index is 0.567. The average molecular weight is 359 g/mol. The van der Waals surface area contributed by atoms with Gasteiger partial charge in [0.05, 0.1) is 5.69 Å². The molecule has 114 valence electrons. The Balaban J connectivity index is 1.61. The van der Waals surface area contributed by atoms with Gasteiger partial charge in [0, 0.05) is 28.2 Å². The molecule has 0 saturated heterocycles. The molecule has 2 saturated carbocycles. The molecule has 0 unspecified atom stereocenters. The molecule has 1 aromatic heterocycles. The van der Waals surface area contributed by atoms with Crippen LogP contribution in [0, 0.1) is 6.92 Å². The highest BCUT2D eigenvalue weighted by atomic mass is 79.9. The predicted octanol–water partition coefficient (Wildman–Crippen LogP) is 4.74. The molecule has 0 bridgehead atoms. The third-order valence-electron chi connectivity index (χ3n) is 4.08. The topological polar surface area (TPSA) is 49.8 Å². The summed E-state index contributed by atoms with van der Waals surface area (Å²) in [6, 6.07) is 8.90. The Bertz CT molecular complexity index is 708.